The Bertz CT molecular complexity index is 904. The van der Waals surface area contributed by atoms with E-state index in [2.05, 4.69) is 0 Å². The molecule has 2 N–H and O–H groups in total. The minimum Gasteiger partial charge on any atom is -0.466 e. The van der Waals surface area contributed by atoms with Gasteiger partial charge in [0.2, 0.25) is 5.88 Å². The van der Waals surface area contributed by atoms with Crippen LogP contribution >= 0.6 is 0 Å². The predicted octanol–water partition coefficient (Wildman–Crippen LogP) is 3.52. The molecule has 0 spiro atoms. The largest absolute Gasteiger partial charge is 0.466 e. The summed E-state index contributed by atoms with van der Waals surface area (Å²) in [7, 11) is 0. The van der Waals surface area contributed by atoms with Gasteiger partial charge in [0.25, 0.3) is 0 Å². The molecule has 0 fully saturated rings. The van der Waals surface area contributed by atoms with E-state index in [0.29, 0.717) is 11.3 Å². The number of hydrogen-bond acceptors (Lipinski definition) is 6. The van der Waals surface area contributed by atoms with Crippen LogP contribution in [0.1, 0.15) is 31.7 Å². The maximum absolute atomic E-state index is 12.5. The molecule has 6 nitrogen and oxygen atoms in total. The molecule has 0 aliphatic carbocycles. The Balaban J connectivity index is 2.07. The van der Waals surface area contributed by atoms with Gasteiger partial charge in [-0.15, -0.1) is 0 Å². The van der Waals surface area contributed by atoms with Crippen molar-refractivity contribution in [1.29, 1.82) is 0 Å². The van der Waals surface area contributed by atoms with Gasteiger partial charge in [-0.1, -0.05) is 36.4 Å². The summed E-state index contributed by atoms with van der Waals surface area (Å²) in [6.07, 6.45) is -0.0305. The number of nitrogens with two attached hydrogens (primary N) is 1. The first kappa shape index (κ1) is 19.5. The summed E-state index contributed by atoms with van der Waals surface area (Å²) < 4.78 is 15.9. The van der Waals surface area contributed by atoms with Crippen LogP contribution in [0.3, 0.4) is 0 Å². The molecule has 6 heteroatoms. The van der Waals surface area contributed by atoms with Gasteiger partial charge in [0.05, 0.1) is 19.6 Å². The van der Waals surface area contributed by atoms with Crippen LogP contribution in [0.25, 0.3) is 11.1 Å². The SMILES string of the molecule is CCOC(=O)CC1C(C(=O)OCC)=C(N)Oc2ccc(-c3ccccc3)cc21. The van der Waals surface area contributed by atoms with Crippen LogP contribution in [0.5, 0.6) is 5.75 Å². The van der Waals surface area contributed by atoms with Gasteiger partial charge >= 0.3 is 11.9 Å². The van der Waals surface area contributed by atoms with Crippen LogP contribution in [0, 0.1) is 0 Å². The van der Waals surface area contributed by atoms with Gasteiger partial charge in [0.15, 0.2) is 0 Å². The highest BCUT2D eigenvalue weighted by molar-refractivity contribution is 5.93. The number of esters is 2. The number of carbonyl (C=O) groups excluding carboxylic acids is 2. The number of carbonyl (C=O) groups is 2. The lowest BCUT2D eigenvalue weighted by atomic mass is 9.84. The van der Waals surface area contributed by atoms with Gasteiger partial charge in [-0.25, -0.2) is 4.79 Å². The topological polar surface area (TPSA) is 87.9 Å². The summed E-state index contributed by atoms with van der Waals surface area (Å²) in [4.78, 5) is 24.8. The average molecular weight is 381 g/mol. The van der Waals surface area contributed by atoms with Gasteiger partial charge in [0.1, 0.15) is 11.3 Å². The summed E-state index contributed by atoms with van der Waals surface area (Å²) >= 11 is 0. The molecule has 28 heavy (non-hydrogen) atoms. The molecule has 1 heterocycles. The Morgan fingerprint density at radius 3 is 2.39 bits per heavy atom. The van der Waals surface area contributed by atoms with Crippen LogP contribution in [0.4, 0.5) is 0 Å². The summed E-state index contributed by atoms with van der Waals surface area (Å²) in [6, 6.07) is 15.4. The van der Waals surface area contributed by atoms with Gasteiger partial charge in [0, 0.05) is 11.5 Å². The van der Waals surface area contributed by atoms with Crippen molar-refractivity contribution in [2.45, 2.75) is 26.2 Å². The lowest BCUT2D eigenvalue weighted by Crippen LogP contribution is -2.28. The van der Waals surface area contributed by atoms with Crippen molar-refractivity contribution in [2.24, 2.45) is 5.73 Å². The molecule has 1 atom stereocenters. The summed E-state index contributed by atoms with van der Waals surface area (Å²) in [6.45, 7) is 3.89. The third kappa shape index (κ3) is 4.01. The van der Waals surface area contributed by atoms with Crippen molar-refractivity contribution in [2.75, 3.05) is 13.2 Å². The Morgan fingerprint density at radius 1 is 1.00 bits per heavy atom. The van der Waals surface area contributed by atoms with E-state index >= 15 is 0 Å². The van der Waals surface area contributed by atoms with Crippen LogP contribution in [-0.2, 0) is 19.1 Å². The van der Waals surface area contributed by atoms with Crippen molar-refractivity contribution < 1.29 is 23.8 Å². The van der Waals surface area contributed by atoms with E-state index in [1.54, 1.807) is 19.9 Å². The van der Waals surface area contributed by atoms with E-state index in [0.717, 1.165) is 11.1 Å². The fraction of sp³-hybridized carbons (Fsp3) is 0.273. The zero-order chi connectivity index (χ0) is 20.1. The quantitative estimate of drug-likeness (QED) is 0.771. The van der Waals surface area contributed by atoms with E-state index < -0.39 is 17.9 Å². The summed E-state index contributed by atoms with van der Waals surface area (Å²) in [5, 5.41) is 0. The molecular weight excluding hydrogens is 358 g/mol. The Morgan fingerprint density at radius 2 is 1.71 bits per heavy atom. The molecule has 0 saturated heterocycles. The van der Waals surface area contributed by atoms with Crippen molar-refractivity contribution in [3.8, 4) is 16.9 Å². The van der Waals surface area contributed by atoms with Gasteiger partial charge in [-0.05, 0) is 37.1 Å². The molecule has 1 aliphatic heterocycles. The highest BCUT2D eigenvalue weighted by Gasteiger charge is 2.36. The number of rotatable bonds is 6. The Labute approximate surface area is 163 Å². The van der Waals surface area contributed by atoms with Crippen molar-refractivity contribution in [1.82, 2.24) is 0 Å². The minimum absolute atomic E-state index is 0.0305. The fourth-order valence-corrected chi connectivity index (χ4v) is 3.27. The van der Waals surface area contributed by atoms with E-state index in [1.165, 1.54) is 0 Å². The average Bonchev–Trinajstić information content (AvgIpc) is 2.68. The lowest BCUT2D eigenvalue weighted by molar-refractivity contribution is -0.143. The molecule has 0 amide bonds. The molecule has 2 aromatic rings. The molecule has 0 radical (unpaired) electrons. The van der Waals surface area contributed by atoms with E-state index in [1.807, 2.05) is 42.5 Å². The zero-order valence-electron chi connectivity index (χ0n) is 15.9. The molecule has 146 valence electrons. The number of benzene rings is 2. The standard InChI is InChI=1S/C22H23NO5/c1-3-26-19(24)13-17-16-12-15(14-8-6-5-7-9-14)10-11-18(16)28-21(23)20(17)22(25)27-4-2/h5-12,17H,3-4,13,23H2,1-2H3. The minimum atomic E-state index is -0.606. The third-order valence-corrected chi connectivity index (χ3v) is 4.50. The van der Waals surface area contributed by atoms with Crippen LogP contribution < -0.4 is 10.5 Å². The summed E-state index contributed by atoms with van der Waals surface area (Å²) in [5.41, 5.74) is 8.82. The molecule has 1 unspecified atom stereocenters. The highest BCUT2D eigenvalue weighted by Crippen LogP contribution is 2.42. The second-order valence-corrected chi connectivity index (χ2v) is 6.28. The number of ether oxygens (including phenoxy) is 3. The first-order valence-corrected chi connectivity index (χ1v) is 9.24. The monoisotopic (exact) mass is 381 g/mol. The van der Waals surface area contributed by atoms with Gasteiger partial charge in [-0.2, -0.15) is 0 Å². The van der Waals surface area contributed by atoms with E-state index in [4.69, 9.17) is 19.9 Å². The molecular formula is C22H23NO5. The predicted molar refractivity (Wildman–Crippen MR) is 104 cm³/mol. The number of hydrogen-bond donors (Lipinski definition) is 1. The van der Waals surface area contributed by atoms with Crippen LogP contribution in [-0.4, -0.2) is 25.2 Å². The molecule has 3 rings (SSSR count). The van der Waals surface area contributed by atoms with E-state index in [9.17, 15) is 9.59 Å². The Hall–Kier alpha value is -3.28. The fourth-order valence-electron chi connectivity index (χ4n) is 3.27. The smallest absolute Gasteiger partial charge is 0.340 e. The second-order valence-electron chi connectivity index (χ2n) is 6.28. The maximum atomic E-state index is 12.5. The summed E-state index contributed by atoms with van der Waals surface area (Å²) in [5.74, 6) is -1.15. The van der Waals surface area contributed by atoms with Gasteiger partial charge in [-0.3, -0.25) is 4.79 Å². The number of fused-ring (bicyclic) bond motifs is 1. The van der Waals surface area contributed by atoms with Gasteiger partial charge < -0.3 is 19.9 Å². The second kappa shape index (κ2) is 8.61. The van der Waals surface area contributed by atoms with Crippen LogP contribution in [0.2, 0.25) is 0 Å². The van der Waals surface area contributed by atoms with Crippen molar-refractivity contribution >= 4 is 11.9 Å². The van der Waals surface area contributed by atoms with Crippen molar-refractivity contribution in [3.63, 3.8) is 0 Å². The first-order valence-electron chi connectivity index (χ1n) is 9.24. The molecule has 2 aromatic carbocycles. The van der Waals surface area contributed by atoms with E-state index in [-0.39, 0.29) is 31.1 Å². The molecule has 0 saturated carbocycles. The Kier molecular flexibility index (Phi) is 5.99. The third-order valence-electron chi connectivity index (χ3n) is 4.50. The normalized spacial score (nSPS) is 15.4. The molecule has 0 bridgehead atoms. The first-order chi connectivity index (χ1) is 13.5. The molecule has 0 aromatic heterocycles. The molecule has 1 aliphatic rings. The maximum Gasteiger partial charge on any atom is 0.340 e. The lowest BCUT2D eigenvalue weighted by Gasteiger charge is -2.28. The zero-order valence-corrected chi connectivity index (χ0v) is 15.9. The van der Waals surface area contributed by atoms with Crippen LogP contribution in [0.15, 0.2) is 60.0 Å². The van der Waals surface area contributed by atoms with Crippen molar-refractivity contribution in [3.05, 3.63) is 65.6 Å². The highest BCUT2D eigenvalue weighted by atomic mass is 16.5.